The Labute approximate surface area is 298 Å². The van der Waals surface area contributed by atoms with Crippen LogP contribution in [-0.4, -0.2) is 9.55 Å². The Balaban J connectivity index is 1.13. The zero-order valence-electron chi connectivity index (χ0n) is 27.9. The molecule has 0 saturated carbocycles. The van der Waals surface area contributed by atoms with Crippen LogP contribution in [0.25, 0.3) is 82.8 Å². The zero-order chi connectivity index (χ0) is 34.2. The molecule has 0 spiro atoms. The Morgan fingerprint density at radius 2 is 1.10 bits per heavy atom. The molecule has 0 radical (unpaired) electrons. The molecule has 0 aliphatic carbocycles. The summed E-state index contributed by atoms with van der Waals surface area (Å²) in [5.74, 6) is 0.623. The molecule has 5 nitrogen and oxygen atoms in total. The van der Waals surface area contributed by atoms with Gasteiger partial charge in [-0.1, -0.05) is 78.9 Å². The monoisotopic (exact) mass is 667 g/mol. The molecule has 244 valence electrons. The largest absolute Gasteiger partial charge is 0.456 e. The molecule has 11 aromatic rings. The van der Waals surface area contributed by atoms with Crippen molar-refractivity contribution in [2.24, 2.45) is 0 Å². The van der Waals surface area contributed by atoms with Gasteiger partial charge in [-0.05, 0) is 102 Å². The summed E-state index contributed by atoms with van der Waals surface area (Å²) in [6.07, 6.45) is 0. The molecule has 0 aliphatic rings. The van der Waals surface area contributed by atoms with Gasteiger partial charge in [-0.2, -0.15) is 0 Å². The lowest BCUT2D eigenvalue weighted by Crippen LogP contribution is -2.10. The van der Waals surface area contributed by atoms with E-state index < -0.39 is 0 Å². The number of benzene rings is 8. The third-order valence-corrected chi connectivity index (χ3v) is 10.2. The van der Waals surface area contributed by atoms with E-state index in [1.807, 2.05) is 42.5 Å². The summed E-state index contributed by atoms with van der Waals surface area (Å²) < 4.78 is 15.0. The summed E-state index contributed by atoms with van der Waals surface area (Å²) in [5.41, 5.74) is 10.9. The van der Waals surface area contributed by atoms with Crippen molar-refractivity contribution in [2.75, 3.05) is 4.90 Å². The second-order valence-electron chi connectivity index (χ2n) is 13.2. The van der Waals surface area contributed by atoms with Crippen LogP contribution in [0.3, 0.4) is 0 Å². The summed E-state index contributed by atoms with van der Waals surface area (Å²) in [6, 6.07) is 61.6. The standard InChI is InChI=1S/C47H29N3O2/c1-3-11-30(12-4-1)47-48-41-24-19-31-27-33(20-23-36(31)46(41)52-47)49(35-22-26-45-40(29-35)38-16-8-10-18-44(38)51-45)34-21-25-43-39(28-34)37-15-7-9-17-42(37)50(43)32-13-5-2-6-14-32/h1-29H. The van der Waals surface area contributed by atoms with Crippen molar-refractivity contribution >= 4 is 82.7 Å². The topological polar surface area (TPSA) is 47.3 Å². The van der Waals surface area contributed by atoms with Crippen LogP contribution in [0.15, 0.2) is 185 Å². The van der Waals surface area contributed by atoms with E-state index in [2.05, 4.69) is 143 Å². The van der Waals surface area contributed by atoms with E-state index in [9.17, 15) is 0 Å². The van der Waals surface area contributed by atoms with E-state index >= 15 is 0 Å². The Kier molecular flexibility index (Phi) is 6.18. The van der Waals surface area contributed by atoms with Crippen molar-refractivity contribution < 1.29 is 8.83 Å². The van der Waals surface area contributed by atoms with Crippen LogP contribution in [0.2, 0.25) is 0 Å². The molecule has 0 saturated heterocycles. The minimum absolute atomic E-state index is 0.623. The van der Waals surface area contributed by atoms with Gasteiger partial charge in [-0.3, -0.25) is 0 Å². The lowest BCUT2D eigenvalue weighted by molar-refractivity contribution is 0.623. The first kappa shape index (κ1) is 28.7. The van der Waals surface area contributed by atoms with E-state index in [4.69, 9.17) is 13.8 Å². The maximum absolute atomic E-state index is 6.41. The van der Waals surface area contributed by atoms with Crippen LogP contribution in [0, 0.1) is 0 Å². The summed E-state index contributed by atoms with van der Waals surface area (Å²) in [7, 11) is 0. The van der Waals surface area contributed by atoms with Crippen molar-refractivity contribution in [2.45, 2.75) is 0 Å². The molecule has 5 heteroatoms. The van der Waals surface area contributed by atoms with Crippen LogP contribution in [0.5, 0.6) is 0 Å². The smallest absolute Gasteiger partial charge is 0.227 e. The van der Waals surface area contributed by atoms with Crippen LogP contribution in [0.1, 0.15) is 0 Å². The number of fused-ring (bicyclic) bond motifs is 9. The average Bonchev–Trinajstić information content (AvgIpc) is 3.91. The van der Waals surface area contributed by atoms with Gasteiger partial charge < -0.3 is 18.3 Å². The van der Waals surface area contributed by atoms with Gasteiger partial charge in [0.25, 0.3) is 0 Å². The first-order valence-corrected chi connectivity index (χ1v) is 17.5. The van der Waals surface area contributed by atoms with Gasteiger partial charge in [0.05, 0.1) is 11.0 Å². The van der Waals surface area contributed by atoms with Crippen LogP contribution in [0.4, 0.5) is 17.1 Å². The van der Waals surface area contributed by atoms with Gasteiger partial charge in [0.1, 0.15) is 16.7 Å². The maximum atomic E-state index is 6.41. The van der Waals surface area contributed by atoms with Crippen molar-refractivity contribution in [1.29, 1.82) is 0 Å². The number of oxazole rings is 1. The number of aromatic nitrogens is 2. The molecule has 0 amide bonds. The third-order valence-electron chi connectivity index (χ3n) is 10.2. The number of nitrogens with zero attached hydrogens (tertiary/aromatic N) is 3. The number of hydrogen-bond donors (Lipinski definition) is 0. The lowest BCUT2D eigenvalue weighted by Gasteiger charge is -2.26. The van der Waals surface area contributed by atoms with E-state index in [1.165, 1.54) is 16.3 Å². The Morgan fingerprint density at radius 1 is 0.442 bits per heavy atom. The van der Waals surface area contributed by atoms with Crippen LogP contribution < -0.4 is 4.90 Å². The predicted octanol–water partition coefficient (Wildman–Crippen LogP) is 13.1. The van der Waals surface area contributed by atoms with E-state index in [-0.39, 0.29) is 0 Å². The highest BCUT2D eigenvalue weighted by Crippen LogP contribution is 2.43. The molecule has 3 aromatic heterocycles. The lowest BCUT2D eigenvalue weighted by atomic mass is 10.1. The van der Waals surface area contributed by atoms with E-state index in [0.29, 0.717) is 5.89 Å². The number of para-hydroxylation sites is 3. The number of rotatable bonds is 5. The zero-order valence-corrected chi connectivity index (χ0v) is 27.9. The van der Waals surface area contributed by atoms with E-state index in [0.717, 1.165) is 77.6 Å². The normalized spacial score (nSPS) is 11.8. The molecule has 0 unspecified atom stereocenters. The van der Waals surface area contributed by atoms with E-state index in [1.54, 1.807) is 0 Å². The highest BCUT2D eigenvalue weighted by atomic mass is 16.3. The fourth-order valence-corrected chi connectivity index (χ4v) is 7.80. The van der Waals surface area contributed by atoms with Gasteiger partial charge in [0, 0.05) is 55.2 Å². The van der Waals surface area contributed by atoms with Gasteiger partial charge >= 0.3 is 0 Å². The van der Waals surface area contributed by atoms with Crippen molar-refractivity contribution in [3.63, 3.8) is 0 Å². The minimum atomic E-state index is 0.623. The first-order valence-electron chi connectivity index (χ1n) is 17.5. The number of furan rings is 1. The SMILES string of the molecule is c1ccc(-c2nc3ccc4cc(N(c5ccc6oc7ccccc7c6c5)c5ccc6c(c5)c5ccccc5n6-c5ccccc5)ccc4c3o2)cc1. The predicted molar refractivity (Wildman–Crippen MR) is 213 cm³/mol. The minimum Gasteiger partial charge on any atom is -0.456 e. The molecule has 8 aromatic carbocycles. The molecule has 0 N–H and O–H groups in total. The fraction of sp³-hybridized carbons (Fsp3) is 0. The maximum Gasteiger partial charge on any atom is 0.227 e. The van der Waals surface area contributed by atoms with Crippen LogP contribution >= 0.6 is 0 Å². The van der Waals surface area contributed by atoms with Gasteiger partial charge in [0.15, 0.2) is 5.58 Å². The highest BCUT2D eigenvalue weighted by Gasteiger charge is 2.20. The van der Waals surface area contributed by atoms with Crippen LogP contribution in [-0.2, 0) is 0 Å². The van der Waals surface area contributed by atoms with Gasteiger partial charge in [-0.25, -0.2) is 4.98 Å². The average molecular weight is 668 g/mol. The van der Waals surface area contributed by atoms with Gasteiger partial charge in [-0.15, -0.1) is 0 Å². The fourth-order valence-electron chi connectivity index (χ4n) is 7.80. The quantitative estimate of drug-likeness (QED) is 0.183. The number of anilines is 3. The summed E-state index contributed by atoms with van der Waals surface area (Å²) in [4.78, 5) is 7.17. The molecule has 11 rings (SSSR count). The molecule has 0 atom stereocenters. The Bertz CT molecular complexity index is 3140. The first-order chi connectivity index (χ1) is 25.8. The molecule has 0 bridgehead atoms. The van der Waals surface area contributed by atoms with Gasteiger partial charge in [0.2, 0.25) is 5.89 Å². The summed E-state index contributed by atoms with van der Waals surface area (Å²) in [6.45, 7) is 0. The molecular formula is C47H29N3O2. The summed E-state index contributed by atoms with van der Waals surface area (Å²) in [5, 5.41) is 6.67. The second-order valence-corrected chi connectivity index (χ2v) is 13.2. The second kappa shape index (κ2) is 11.2. The molecular weight excluding hydrogens is 639 g/mol. The highest BCUT2D eigenvalue weighted by molar-refractivity contribution is 6.12. The third kappa shape index (κ3) is 4.39. The van der Waals surface area contributed by atoms with Crippen molar-refractivity contribution in [3.8, 4) is 17.1 Å². The molecule has 52 heavy (non-hydrogen) atoms. The Morgan fingerprint density at radius 3 is 1.96 bits per heavy atom. The molecule has 3 heterocycles. The van der Waals surface area contributed by atoms with Crippen molar-refractivity contribution in [1.82, 2.24) is 9.55 Å². The Hall–Kier alpha value is -7.11. The number of hydrogen-bond acceptors (Lipinski definition) is 4. The van der Waals surface area contributed by atoms with Crippen molar-refractivity contribution in [3.05, 3.63) is 176 Å². The molecule has 0 aliphatic heterocycles. The summed E-state index contributed by atoms with van der Waals surface area (Å²) >= 11 is 0. The molecule has 0 fully saturated rings.